The first-order valence-corrected chi connectivity index (χ1v) is 8.10. The third-order valence-corrected chi connectivity index (χ3v) is 5.19. The monoisotopic (exact) mass is 302 g/mol. The fourth-order valence-corrected chi connectivity index (χ4v) is 4.24. The van der Waals surface area contributed by atoms with Crippen molar-refractivity contribution in [3.8, 4) is 0 Å². The number of carbonyl (C=O) groups is 2. The van der Waals surface area contributed by atoms with Crippen molar-refractivity contribution in [3.05, 3.63) is 71.3 Å². The highest BCUT2D eigenvalue weighted by Gasteiger charge is 2.55. The number of rotatable bonds is 1. The van der Waals surface area contributed by atoms with Crippen molar-refractivity contribution < 1.29 is 9.59 Å². The molecule has 114 valence electrons. The van der Waals surface area contributed by atoms with Crippen LogP contribution in [0.15, 0.2) is 54.6 Å². The molecule has 0 amide bonds. The Balaban J connectivity index is 2.09. The molecule has 4 rings (SSSR count). The summed E-state index contributed by atoms with van der Waals surface area (Å²) in [6.45, 7) is 2.03. The van der Waals surface area contributed by atoms with Gasteiger partial charge in [-0.3, -0.25) is 9.59 Å². The zero-order chi connectivity index (χ0) is 16.0. The molecule has 0 atom stereocenters. The molecule has 0 saturated heterocycles. The highest BCUT2D eigenvalue weighted by molar-refractivity contribution is 6.30. The molecule has 23 heavy (non-hydrogen) atoms. The molecule has 2 aliphatic rings. The van der Waals surface area contributed by atoms with Crippen LogP contribution in [0.1, 0.15) is 42.9 Å². The molecule has 0 radical (unpaired) electrons. The third-order valence-electron chi connectivity index (χ3n) is 5.19. The summed E-state index contributed by atoms with van der Waals surface area (Å²) >= 11 is 0. The van der Waals surface area contributed by atoms with Crippen LogP contribution in [-0.4, -0.2) is 11.6 Å². The van der Waals surface area contributed by atoms with E-state index >= 15 is 0 Å². The Kier molecular flexibility index (Phi) is 3.08. The summed E-state index contributed by atoms with van der Waals surface area (Å²) in [5, 5.41) is 0. The first-order chi connectivity index (χ1) is 11.2. The Labute approximate surface area is 135 Å². The van der Waals surface area contributed by atoms with Crippen molar-refractivity contribution >= 4 is 22.7 Å². The maximum absolute atomic E-state index is 13.1. The summed E-state index contributed by atoms with van der Waals surface area (Å²) in [4.78, 5) is 26.1. The van der Waals surface area contributed by atoms with Gasteiger partial charge in [-0.1, -0.05) is 54.6 Å². The van der Waals surface area contributed by atoms with Gasteiger partial charge in [0.2, 0.25) is 0 Å². The fraction of sp³-hybridized carbons (Fsp3) is 0.238. The van der Waals surface area contributed by atoms with Gasteiger partial charge in [-0.25, -0.2) is 0 Å². The molecule has 0 N–H and O–H groups in total. The molecule has 1 saturated carbocycles. The molecule has 2 nitrogen and oxygen atoms in total. The van der Waals surface area contributed by atoms with Gasteiger partial charge in [0, 0.05) is 12.8 Å². The van der Waals surface area contributed by atoms with E-state index in [0.29, 0.717) is 19.3 Å². The van der Waals surface area contributed by atoms with Crippen LogP contribution in [-0.2, 0) is 15.0 Å². The van der Waals surface area contributed by atoms with E-state index in [1.807, 2.05) is 61.5 Å². The van der Waals surface area contributed by atoms with Crippen LogP contribution in [0.4, 0.5) is 0 Å². The van der Waals surface area contributed by atoms with Gasteiger partial charge in [0.05, 0.1) is 0 Å². The molecule has 0 bridgehead atoms. The highest BCUT2D eigenvalue weighted by Crippen LogP contribution is 2.54. The topological polar surface area (TPSA) is 34.1 Å². The number of Topliss-reactive ketones (excluding diaryl/α,β-unsaturated/α-hetero) is 2. The number of hydrogen-bond acceptors (Lipinski definition) is 2. The molecule has 0 aromatic heterocycles. The number of hydrogen-bond donors (Lipinski definition) is 0. The third kappa shape index (κ3) is 1.75. The maximum Gasteiger partial charge on any atom is 0.155 e. The summed E-state index contributed by atoms with van der Waals surface area (Å²) in [7, 11) is 0. The molecule has 0 heterocycles. The van der Waals surface area contributed by atoms with Gasteiger partial charge in [0.15, 0.2) is 11.6 Å². The van der Waals surface area contributed by atoms with Gasteiger partial charge in [-0.2, -0.15) is 0 Å². The fourth-order valence-electron chi connectivity index (χ4n) is 4.24. The lowest BCUT2D eigenvalue weighted by Gasteiger charge is -2.34. The smallest absolute Gasteiger partial charge is 0.155 e. The van der Waals surface area contributed by atoms with Gasteiger partial charge >= 0.3 is 0 Å². The predicted molar refractivity (Wildman–Crippen MR) is 90.9 cm³/mol. The average Bonchev–Trinajstić information content (AvgIpc) is 2.84. The van der Waals surface area contributed by atoms with Gasteiger partial charge in [0.1, 0.15) is 5.41 Å². The Morgan fingerprint density at radius 1 is 0.826 bits per heavy atom. The molecular formula is C21H18O2. The van der Waals surface area contributed by atoms with Crippen molar-refractivity contribution in [3.63, 3.8) is 0 Å². The standard InChI is InChI=1S/C21H18O2/c1-14-16-10-5-6-11-17(16)21(18(22)12-7-13-19(21)23)20(14)15-8-3-2-4-9-15/h2-6,8-11H,7,12-13H2,1H3. The summed E-state index contributed by atoms with van der Waals surface area (Å²) in [6, 6.07) is 17.8. The van der Waals surface area contributed by atoms with Crippen molar-refractivity contribution in [2.45, 2.75) is 31.6 Å². The summed E-state index contributed by atoms with van der Waals surface area (Å²) in [5.74, 6) is 0.105. The lowest BCUT2D eigenvalue weighted by molar-refractivity contribution is -0.135. The van der Waals surface area contributed by atoms with Crippen molar-refractivity contribution in [1.82, 2.24) is 0 Å². The molecule has 1 spiro atoms. The van der Waals surface area contributed by atoms with E-state index in [1.54, 1.807) is 0 Å². The number of benzene rings is 2. The number of fused-ring (bicyclic) bond motifs is 2. The van der Waals surface area contributed by atoms with Gasteiger partial charge < -0.3 is 0 Å². The van der Waals surface area contributed by atoms with Crippen LogP contribution in [0, 0.1) is 0 Å². The van der Waals surface area contributed by atoms with E-state index in [1.165, 1.54) is 0 Å². The van der Waals surface area contributed by atoms with Gasteiger partial charge in [-0.15, -0.1) is 0 Å². The van der Waals surface area contributed by atoms with E-state index < -0.39 is 5.41 Å². The van der Waals surface area contributed by atoms with E-state index in [-0.39, 0.29) is 11.6 Å². The van der Waals surface area contributed by atoms with Crippen LogP contribution >= 0.6 is 0 Å². The zero-order valence-corrected chi connectivity index (χ0v) is 13.1. The highest BCUT2D eigenvalue weighted by atomic mass is 16.2. The van der Waals surface area contributed by atoms with Crippen LogP contribution in [0.2, 0.25) is 0 Å². The Morgan fingerprint density at radius 3 is 2.13 bits per heavy atom. The molecular weight excluding hydrogens is 284 g/mol. The van der Waals surface area contributed by atoms with Crippen molar-refractivity contribution in [1.29, 1.82) is 0 Å². The summed E-state index contributed by atoms with van der Waals surface area (Å²) in [5.41, 5.74) is 3.76. The minimum Gasteiger partial charge on any atom is -0.298 e. The van der Waals surface area contributed by atoms with Gasteiger partial charge in [-0.05, 0) is 41.2 Å². The second-order valence-electron chi connectivity index (χ2n) is 6.36. The molecule has 2 aromatic rings. The van der Waals surface area contributed by atoms with Gasteiger partial charge in [0.25, 0.3) is 0 Å². The largest absolute Gasteiger partial charge is 0.298 e. The van der Waals surface area contributed by atoms with Crippen LogP contribution in [0.3, 0.4) is 0 Å². The average molecular weight is 302 g/mol. The predicted octanol–water partition coefficient (Wildman–Crippen LogP) is 4.19. The normalized spacial score (nSPS) is 19.3. The van der Waals surface area contributed by atoms with Crippen LogP contribution in [0.25, 0.3) is 11.1 Å². The molecule has 0 aliphatic heterocycles. The second-order valence-corrected chi connectivity index (χ2v) is 6.36. The molecule has 1 fully saturated rings. The van der Waals surface area contributed by atoms with E-state index in [4.69, 9.17) is 0 Å². The minimum atomic E-state index is -1.08. The molecule has 0 unspecified atom stereocenters. The number of allylic oxidation sites excluding steroid dienone is 2. The first-order valence-electron chi connectivity index (χ1n) is 8.10. The Hall–Kier alpha value is -2.48. The molecule has 2 heteroatoms. The Bertz CT molecular complexity index is 827. The van der Waals surface area contributed by atoms with Crippen LogP contribution in [0.5, 0.6) is 0 Å². The number of carbonyl (C=O) groups excluding carboxylic acids is 2. The Morgan fingerprint density at radius 2 is 1.43 bits per heavy atom. The van der Waals surface area contributed by atoms with Crippen molar-refractivity contribution in [2.24, 2.45) is 0 Å². The van der Waals surface area contributed by atoms with Crippen LogP contribution < -0.4 is 0 Å². The SMILES string of the molecule is CC1=C(c2ccccc2)C2(C(=O)CCCC2=O)c2ccccc21. The van der Waals surface area contributed by atoms with E-state index in [9.17, 15) is 9.59 Å². The van der Waals surface area contributed by atoms with E-state index in [0.717, 1.165) is 27.8 Å². The van der Waals surface area contributed by atoms with E-state index in [2.05, 4.69) is 0 Å². The molecule has 2 aromatic carbocycles. The van der Waals surface area contributed by atoms with Crippen molar-refractivity contribution in [2.75, 3.05) is 0 Å². The first kappa shape index (κ1) is 14.1. The second kappa shape index (κ2) is 5.02. The lowest BCUT2D eigenvalue weighted by atomic mass is 9.64. The lowest BCUT2D eigenvalue weighted by Crippen LogP contribution is -2.46. The summed E-state index contributed by atoms with van der Waals surface area (Å²) in [6.07, 6.45) is 1.62. The quantitative estimate of drug-likeness (QED) is 0.740. The maximum atomic E-state index is 13.1. The molecule has 2 aliphatic carbocycles. The minimum absolute atomic E-state index is 0.0527. The number of ketones is 2. The zero-order valence-electron chi connectivity index (χ0n) is 13.1. The summed E-state index contributed by atoms with van der Waals surface area (Å²) < 4.78 is 0.